The molecule has 1 N–H and O–H groups in total. The number of aryl methyl sites for hydroxylation is 1. The fourth-order valence-corrected chi connectivity index (χ4v) is 4.67. The van der Waals surface area contributed by atoms with Crippen molar-refractivity contribution in [1.29, 1.82) is 0 Å². The van der Waals surface area contributed by atoms with Crippen LogP contribution in [-0.2, 0) is 21.2 Å². The first-order chi connectivity index (χ1) is 13.3. The van der Waals surface area contributed by atoms with Gasteiger partial charge in [0.15, 0.2) is 0 Å². The van der Waals surface area contributed by atoms with Crippen LogP contribution in [0.1, 0.15) is 44.4 Å². The Morgan fingerprint density at radius 3 is 2.14 bits per heavy atom. The molecule has 2 aromatic carbocycles. The lowest BCUT2D eigenvalue weighted by molar-refractivity contribution is -0.121. The van der Waals surface area contributed by atoms with Crippen LogP contribution in [0.3, 0.4) is 0 Å². The minimum atomic E-state index is -3.45. The van der Waals surface area contributed by atoms with Crippen LogP contribution in [0.2, 0.25) is 0 Å². The number of nitrogens with one attached hydrogen (secondary N) is 1. The standard InChI is InChI=1S/C21H27BrN2O3S/c1-4-24(5-2)28(26,27)20-13-6-17(7-14-20)8-15-21(25)23-16(3)18-9-11-19(22)12-10-18/h6-7,9-14,16H,4-5,8,15H2,1-3H3,(H,23,25)/t16-/m1/s1. The van der Waals surface area contributed by atoms with Gasteiger partial charge in [0.1, 0.15) is 0 Å². The molecule has 152 valence electrons. The Bertz CT molecular complexity index is 877. The van der Waals surface area contributed by atoms with E-state index >= 15 is 0 Å². The van der Waals surface area contributed by atoms with Crippen molar-refractivity contribution in [3.63, 3.8) is 0 Å². The van der Waals surface area contributed by atoms with Crippen molar-refractivity contribution < 1.29 is 13.2 Å². The highest BCUT2D eigenvalue weighted by atomic mass is 79.9. The molecule has 0 aliphatic carbocycles. The van der Waals surface area contributed by atoms with E-state index in [1.807, 2.05) is 45.0 Å². The van der Waals surface area contributed by atoms with Gasteiger partial charge in [0.2, 0.25) is 15.9 Å². The van der Waals surface area contributed by atoms with Crippen molar-refractivity contribution in [3.8, 4) is 0 Å². The van der Waals surface area contributed by atoms with Crippen LogP contribution < -0.4 is 5.32 Å². The van der Waals surface area contributed by atoms with E-state index in [0.29, 0.717) is 25.9 Å². The minimum absolute atomic E-state index is 0.0322. The molecular formula is C21H27BrN2O3S. The Morgan fingerprint density at radius 1 is 1.04 bits per heavy atom. The average molecular weight is 467 g/mol. The summed E-state index contributed by atoms with van der Waals surface area (Å²) in [5, 5.41) is 2.99. The van der Waals surface area contributed by atoms with E-state index in [4.69, 9.17) is 0 Å². The first-order valence-corrected chi connectivity index (χ1v) is 11.6. The minimum Gasteiger partial charge on any atom is -0.350 e. The zero-order valence-corrected chi connectivity index (χ0v) is 18.9. The van der Waals surface area contributed by atoms with Gasteiger partial charge in [-0.15, -0.1) is 0 Å². The SMILES string of the molecule is CCN(CC)S(=O)(=O)c1ccc(CCC(=O)N[C@H](C)c2ccc(Br)cc2)cc1. The van der Waals surface area contributed by atoms with Gasteiger partial charge in [-0.2, -0.15) is 4.31 Å². The topological polar surface area (TPSA) is 66.5 Å². The number of rotatable bonds is 9. The molecule has 1 atom stereocenters. The second-order valence-corrected chi connectivity index (χ2v) is 9.43. The normalized spacial score (nSPS) is 12.8. The molecule has 2 rings (SSSR count). The van der Waals surface area contributed by atoms with E-state index < -0.39 is 10.0 Å². The third-order valence-electron chi connectivity index (χ3n) is 4.65. The Labute approximate surface area is 176 Å². The number of halogens is 1. The Balaban J connectivity index is 1.92. The molecule has 7 heteroatoms. The number of nitrogens with zero attached hydrogens (tertiary/aromatic N) is 1. The van der Waals surface area contributed by atoms with Crippen LogP contribution in [0.5, 0.6) is 0 Å². The summed E-state index contributed by atoms with van der Waals surface area (Å²) in [4.78, 5) is 12.5. The van der Waals surface area contributed by atoms with E-state index in [2.05, 4.69) is 21.2 Å². The number of hydrogen-bond donors (Lipinski definition) is 1. The van der Waals surface area contributed by atoms with Gasteiger partial charge >= 0.3 is 0 Å². The molecule has 0 aliphatic heterocycles. The summed E-state index contributed by atoms with van der Waals surface area (Å²) in [7, 11) is -3.45. The molecule has 2 aromatic rings. The molecule has 0 heterocycles. The fraction of sp³-hybridized carbons (Fsp3) is 0.381. The van der Waals surface area contributed by atoms with E-state index in [1.165, 1.54) is 4.31 Å². The summed E-state index contributed by atoms with van der Waals surface area (Å²) < 4.78 is 27.4. The second-order valence-electron chi connectivity index (χ2n) is 6.57. The maximum absolute atomic E-state index is 12.5. The van der Waals surface area contributed by atoms with E-state index in [0.717, 1.165) is 15.6 Å². The van der Waals surface area contributed by atoms with Gasteiger partial charge in [-0.1, -0.05) is 54.0 Å². The maximum Gasteiger partial charge on any atom is 0.243 e. The predicted molar refractivity (Wildman–Crippen MR) is 116 cm³/mol. The van der Waals surface area contributed by atoms with Crippen molar-refractivity contribution in [1.82, 2.24) is 9.62 Å². The highest BCUT2D eigenvalue weighted by molar-refractivity contribution is 9.10. The fourth-order valence-electron chi connectivity index (χ4n) is 2.95. The lowest BCUT2D eigenvalue weighted by Crippen LogP contribution is -2.30. The summed E-state index contributed by atoms with van der Waals surface area (Å²) in [5.74, 6) is -0.0322. The summed E-state index contributed by atoms with van der Waals surface area (Å²) in [6.07, 6.45) is 0.910. The lowest BCUT2D eigenvalue weighted by Gasteiger charge is -2.18. The van der Waals surface area contributed by atoms with Crippen LogP contribution in [0.25, 0.3) is 0 Å². The van der Waals surface area contributed by atoms with E-state index in [1.54, 1.807) is 24.3 Å². The molecule has 0 radical (unpaired) electrons. The molecule has 28 heavy (non-hydrogen) atoms. The van der Waals surface area contributed by atoms with Gasteiger partial charge in [0, 0.05) is 24.0 Å². The van der Waals surface area contributed by atoms with Crippen molar-refractivity contribution in [2.75, 3.05) is 13.1 Å². The molecule has 0 bridgehead atoms. The van der Waals surface area contributed by atoms with Crippen LogP contribution in [0, 0.1) is 0 Å². The van der Waals surface area contributed by atoms with Crippen LogP contribution in [0.4, 0.5) is 0 Å². The first-order valence-electron chi connectivity index (χ1n) is 9.41. The van der Waals surface area contributed by atoms with Gasteiger partial charge in [0.25, 0.3) is 0 Å². The number of benzene rings is 2. The molecule has 0 aromatic heterocycles. The smallest absolute Gasteiger partial charge is 0.243 e. The lowest BCUT2D eigenvalue weighted by atomic mass is 10.1. The summed E-state index contributed by atoms with van der Waals surface area (Å²) in [5.41, 5.74) is 1.98. The quantitative estimate of drug-likeness (QED) is 0.599. The van der Waals surface area contributed by atoms with Crippen molar-refractivity contribution in [2.45, 2.75) is 44.6 Å². The zero-order chi connectivity index (χ0) is 20.7. The summed E-state index contributed by atoms with van der Waals surface area (Å²) in [6, 6.07) is 14.6. The molecule has 0 fully saturated rings. The van der Waals surface area contributed by atoms with Crippen molar-refractivity contribution in [3.05, 3.63) is 64.1 Å². The molecule has 0 spiro atoms. The first kappa shape index (κ1) is 22.6. The third kappa shape index (κ3) is 5.90. The largest absolute Gasteiger partial charge is 0.350 e. The number of carbonyl (C=O) groups is 1. The Kier molecular flexibility index (Phi) is 8.22. The molecular weight excluding hydrogens is 440 g/mol. The molecule has 0 unspecified atom stereocenters. The predicted octanol–water partition coefficient (Wildman–Crippen LogP) is 4.29. The van der Waals surface area contributed by atoms with Crippen LogP contribution >= 0.6 is 15.9 Å². The van der Waals surface area contributed by atoms with Gasteiger partial charge in [-0.05, 0) is 48.7 Å². The average Bonchev–Trinajstić information content (AvgIpc) is 2.68. The van der Waals surface area contributed by atoms with Gasteiger partial charge < -0.3 is 5.32 Å². The Morgan fingerprint density at radius 2 is 1.61 bits per heavy atom. The highest BCUT2D eigenvalue weighted by Crippen LogP contribution is 2.18. The van der Waals surface area contributed by atoms with Crippen molar-refractivity contribution >= 4 is 31.9 Å². The molecule has 1 amide bonds. The number of carbonyl (C=O) groups excluding carboxylic acids is 1. The monoisotopic (exact) mass is 466 g/mol. The van der Waals surface area contributed by atoms with E-state index in [-0.39, 0.29) is 16.8 Å². The zero-order valence-electron chi connectivity index (χ0n) is 16.5. The molecule has 0 aliphatic rings. The van der Waals surface area contributed by atoms with Gasteiger partial charge in [-0.3, -0.25) is 4.79 Å². The number of amides is 1. The van der Waals surface area contributed by atoms with Crippen LogP contribution in [0.15, 0.2) is 57.9 Å². The van der Waals surface area contributed by atoms with Crippen molar-refractivity contribution in [2.24, 2.45) is 0 Å². The highest BCUT2D eigenvalue weighted by Gasteiger charge is 2.21. The van der Waals surface area contributed by atoms with Gasteiger partial charge in [0.05, 0.1) is 10.9 Å². The molecule has 0 saturated carbocycles. The maximum atomic E-state index is 12.5. The summed E-state index contributed by atoms with van der Waals surface area (Å²) in [6.45, 7) is 6.48. The van der Waals surface area contributed by atoms with Crippen LogP contribution in [-0.4, -0.2) is 31.7 Å². The van der Waals surface area contributed by atoms with E-state index in [9.17, 15) is 13.2 Å². The van der Waals surface area contributed by atoms with Gasteiger partial charge in [-0.25, -0.2) is 8.42 Å². The summed E-state index contributed by atoms with van der Waals surface area (Å²) >= 11 is 3.40. The number of hydrogen-bond acceptors (Lipinski definition) is 3. The third-order valence-corrected chi connectivity index (χ3v) is 7.25. The molecule has 5 nitrogen and oxygen atoms in total. The second kappa shape index (κ2) is 10.2. The molecule has 0 saturated heterocycles. The number of sulfonamides is 1. The Hall–Kier alpha value is -1.70.